The summed E-state index contributed by atoms with van der Waals surface area (Å²) in [7, 11) is 0. The van der Waals surface area contributed by atoms with Gasteiger partial charge in [-0.05, 0) is 26.2 Å². The highest BCUT2D eigenvalue weighted by atomic mass is 16.3. The summed E-state index contributed by atoms with van der Waals surface area (Å²) >= 11 is 0. The zero-order valence-electron chi connectivity index (χ0n) is 7.77. The van der Waals surface area contributed by atoms with Crippen molar-refractivity contribution in [1.82, 2.24) is 9.78 Å². The van der Waals surface area contributed by atoms with Gasteiger partial charge in [0.05, 0.1) is 12.1 Å². The van der Waals surface area contributed by atoms with Crippen molar-refractivity contribution < 1.29 is 5.11 Å². The third-order valence-corrected chi connectivity index (χ3v) is 2.74. The molecule has 1 fully saturated rings. The highest BCUT2D eigenvalue weighted by Crippen LogP contribution is 2.30. The first-order valence-electron chi connectivity index (χ1n) is 4.68. The van der Waals surface area contributed by atoms with Gasteiger partial charge in [-0.25, -0.2) is 0 Å². The molecule has 2 atom stereocenters. The minimum absolute atomic E-state index is 0.135. The molecule has 0 bridgehead atoms. The molecule has 1 aliphatic rings. The monoisotopic (exact) mass is 181 g/mol. The number of rotatable bonds is 1. The van der Waals surface area contributed by atoms with Crippen LogP contribution in [0.1, 0.15) is 30.9 Å². The van der Waals surface area contributed by atoms with E-state index in [1.165, 1.54) is 0 Å². The summed E-state index contributed by atoms with van der Waals surface area (Å²) < 4.78 is 1.81. The summed E-state index contributed by atoms with van der Waals surface area (Å²) in [6.07, 6.45) is 4.61. The lowest BCUT2D eigenvalue weighted by Gasteiger charge is -2.14. The van der Waals surface area contributed by atoms with Crippen LogP contribution in [0, 0.1) is 6.92 Å². The smallest absolute Gasteiger partial charge is 0.148 e. The Labute approximate surface area is 77.4 Å². The second kappa shape index (κ2) is 3.03. The van der Waals surface area contributed by atoms with Gasteiger partial charge in [0, 0.05) is 11.8 Å². The maximum Gasteiger partial charge on any atom is 0.148 e. The lowest BCUT2D eigenvalue weighted by atomic mass is 10.2. The molecule has 1 aromatic rings. The fourth-order valence-electron chi connectivity index (χ4n) is 1.90. The number of anilines is 1. The summed E-state index contributed by atoms with van der Waals surface area (Å²) in [6, 6.07) is 0.135. The number of nitrogens with zero attached hydrogens (tertiary/aromatic N) is 2. The van der Waals surface area contributed by atoms with Gasteiger partial charge < -0.3 is 10.8 Å². The van der Waals surface area contributed by atoms with Crippen LogP contribution in [0.4, 0.5) is 5.82 Å². The first-order valence-corrected chi connectivity index (χ1v) is 4.68. The van der Waals surface area contributed by atoms with Gasteiger partial charge in [-0.3, -0.25) is 4.68 Å². The molecule has 2 unspecified atom stereocenters. The molecule has 4 nitrogen and oxygen atoms in total. The number of nitrogens with two attached hydrogens (primary N) is 1. The maximum atomic E-state index is 9.64. The van der Waals surface area contributed by atoms with Crippen molar-refractivity contribution in [1.29, 1.82) is 0 Å². The van der Waals surface area contributed by atoms with E-state index in [0.29, 0.717) is 5.82 Å². The van der Waals surface area contributed by atoms with Gasteiger partial charge in [-0.1, -0.05) is 0 Å². The minimum Gasteiger partial charge on any atom is -0.391 e. The molecule has 2 rings (SSSR count). The Kier molecular flexibility index (Phi) is 2.00. The molecule has 0 aliphatic heterocycles. The summed E-state index contributed by atoms with van der Waals surface area (Å²) in [5.41, 5.74) is 6.63. The molecule has 4 heteroatoms. The van der Waals surface area contributed by atoms with Gasteiger partial charge in [-0.2, -0.15) is 5.10 Å². The highest BCUT2D eigenvalue weighted by molar-refractivity contribution is 5.35. The van der Waals surface area contributed by atoms with Crippen LogP contribution in [-0.2, 0) is 0 Å². The largest absolute Gasteiger partial charge is 0.391 e. The van der Waals surface area contributed by atoms with E-state index in [-0.39, 0.29) is 12.1 Å². The Hall–Kier alpha value is -1.03. The van der Waals surface area contributed by atoms with Gasteiger partial charge in [0.1, 0.15) is 5.82 Å². The van der Waals surface area contributed by atoms with Crippen molar-refractivity contribution in [2.75, 3.05) is 5.73 Å². The standard InChI is InChI=1S/C9H15N3O/c1-6-5-12(11-9(6)10)7-3-2-4-8(7)13/h5,7-8,13H,2-4H2,1H3,(H2,10,11). The Balaban J connectivity index is 2.24. The summed E-state index contributed by atoms with van der Waals surface area (Å²) in [6.45, 7) is 1.93. The second-order valence-electron chi connectivity index (χ2n) is 3.74. The molecule has 3 N–H and O–H groups in total. The second-order valence-corrected chi connectivity index (χ2v) is 3.74. The van der Waals surface area contributed by atoms with Gasteiger partial charge in [-0.15, -0.1) is 0 Å². The number of aliphatic hydroxyl groups excluding tert-OH is 1. The molecule has 72 valence electrons. The highest BCUT2D eigenvalue weighted by Gasteiger charge is 2.27. The van der Waals surface area contributed by atoms with Crippen LogP contribution in [0.25, 0.3) is 0 Å². The first-order chi connectivity index (χ1) is 6.18. The molecule has 0 spiro atoms. The van der Waals surface area contributed by atoms with E-state index in [1.54, 1.807) is 0 Å². The third kappa shape index (κ3) is 1.42. The van der Waals surface area contributed by atoms with Crippen LogP contribution in [0.2, 0.25) is 0 Å². The van der Waals surface area contributed by atoms with Crippen LogP contribution < -0.4 is 5.73 Å². The van der Waals surface area contributed by atoms with E-state index in [2.05, 4.69) is 5.10 Å². The maximum absolute atomic E-state index is 9.64. The summed E-state index contributed by atoms with van der Waals surface area (Å²) in [5, 5.41) is 13.8. The Morgan fingerprint density at radius 1 is 1.62 bits per heavy atom. The molecule has 0 saturated heterocycles. The number of hydrogen-bond acceptors (Lipinski definition) is 3. The van der Waals surface area contributed by atoms with Crippen molar-refractivity contribution in [2.45, 2.75) is 38.3 Å². The molecule has 0 radical (unpaired) electrons. The molecule has 1 heterocycles. The van der Waals surface area contributed by atoms with Crippen molar-refractivity contribution in [3.63, 3.8) is 0 Å². The SMILES string of the molecule is Cc1cn(C2CCCC2O)nc1N. The molecule has 1 aliphatic carbocycles. The average Bonchev–Trinajstić information content (AvgIpc) is 2.60. The van der Waals surface area contributed by atoms with Crippen molar-refractivity contribution in [2.24, 2.45) is 0 Å². The van der Waals surface area contributed by atoms with Crippen molar-refractivity contribution >= 4 is 5.82 Å². The molecule has 0 amide bonds. The van der Waals surface area contributed by atoms with E-state index >= 15 is 0 Å². The Morgan fingerprint density at radius 3 is 2.85 bits per heavy atom. The quantitative estimate of drug-likeness (QED) is 0.675. The number of hydrogen-bond donors (Lipinski definition) is 2. The number of aliphatic hydroxyl groups is 1. The lowest BCUT2D eigenvalue weighted by molar-refractivity contribution is 0.130. The lowest BCUT2D eigenvalue weighted by Crippen LogP contribution is -2.18. The number of aryl methyl sites for hydroxylation is 1. The predicted molar refractivity (Wildman–Crippen MR) is 50.3 cm³/mol. The molecular formula is C9H15N3O. The van der Waals surface area contributed by atoms with Crippen LogP contribution in [0.5, 0.6) is 0 Å². The number of nitrogen functional groups attached to an aromatic ring is 1. The van der Waals surface area contributed by atoms with Crippen molar-refractivity contribution in [3.05, 3.63) is 11.8 Å². The molecular weight excluding hydrogens is 166 g/mol. The van der Waals surface area contributed by atoms with E-state index in [9.17, 15) is 5.11 Å². The van der Waals surface area contributed by atoms with Crippen LogP contribution in [0.15, 0.2) is 6.20 Å². The Bertz CT molecular complexity index is 288. The summed E-state index contributed by atoms with van der Waals surface area (Å²) in [5.74, 6) is 0.569. The molecule has 13 heavy (non-hydrogen) atoms. The average molecular weight is 181 g/mol. The van der Waals surface area contributed by atoms with E-state index in [0.717, 1.165) is 24.8 Å². The van der Waals surface area contributed by atoms with E-state index < -0.39 is 0 Å². The van der Waals surface area contributed by atoms with Crippen LogP contribution >= 0.6 is 0 Å². The third-order valence-electron chi connectivity index (χ3n) is 2.74. The zero-order valence-corrected chi connectivity index (χ0v) is 7.77. The topological polar surface area (TPSA) is 64.1 Å². The van der Waals surface area contributed by atoms with E-state index in [4.69, 9.17) is 5.73 Å². The van der Waals surface area contributed by atoms with Gasteiger partial charge in [0.25, 0.3) is 0 Å². The molecule has 0 aromatic carbocycles. The fourth-order valence-corrected chi connectivity index (χ4v) is 1.90. The minimum atomic E-state index is -0.251. The van der Waals surface area contributed by atoms with Gasteiger partial charge in [0.15, 0.2) is 0 Å². The first kappa shape index (κ1) is 8.56. The van der Waals surface area contributed by atoms with E-state index in [1.807, 2.05) is 17.8 Å². The van der Waals surface area contributed by atoms with Gasteiger partial charge >= 0.3 is 0 Å². The van der Waals surface area contributed by atoms with Crippen molar-refractivity contribution in [3.8, 4) is 0 Å². The van der Waals surface area contributed by atoms with Crippen LogP contribution in [-0.4, -0.2) is 21.0 Å². The molecule has 1 aromatic heterocycles. The predicted octanol–water partition coefficient (Wildman–Crippen LogP) is 0.860. The van der Waals surface area contributed by atoms with Crippen LogP contribution in [0.3, 0.4) is 0 Å². The molecule has 1 saturated carbocycles. The summed E-state index contributed by atoms with van der Waals surface area (Å²) in [4.78, 5) is 0. The Morgan fingerprint density at radius 2 is 2.38 bits per heavy atom. The zero-order chi connectivity index (χ0) is 9.42. The fraction of sp³-hybridized carbons (Fsp3) is 0.667. The van der Waals surface area contributed by atoms with Gasteiger partial charge in [0.2, 0.25) is 0 Å². The number of aromatic nitrogens is 2. The normalized spacial score (nSPS) is 28.2.